The number of aliphatic hydroxyl groups is 1. The first kappa shape index (κ1) is 14.1. The molecule has 0 radical (unpaired) electrons. The third-order valence-electron chi connectivity index (χ3n) is 3.14. The average molecular weight is 321 g/mol. The summed E-state index contributed by atoms with van der Waals surface area (Å²) in [6.07, 6.45) is -0.495. The maximum absolute atomic E-state index is 9.58. The van der Waals surface area contributed by atoms with Crippen molar-refractivity contribution in [1.82, 2.24) is 0 Å². The van der Waals surface area contributed by atoms with Crippen molar-refractivity contribution >= 4 is 15.9 Å². The van der Waals surface area contributed by atoms with E-state index >= 15 is 0 Å². The molecule has 2 rings (SSSR count). The van der Waals surface area contributed by atoms with Crippen molar-refractivity contribution < 1.29 is 9.84 Å². The number of rotatable bonds is 3. The monoisotopic (exact) mass is 320 g/mol. The lowest BCUT2D eigenvalue weighted by Crippen LogP contribution is -1.93. The highest BCUT2D eigenvalue weighted by Gasteiger charge is 2.08. The maximum atomic E-state index is 9.58. The number of halogens is 1. The van der Waals surface area contributed by atoms with Gasteiger partial charge in [-0.25, -0.2) is 0 Å². The van der Waals surface area contributed by atoms with E-state index < -0.39 is 6.10 Å². The lowest BCUT2D eigenvalue weighted by atomic mass is 10.1. The van der Waals surface area contributed by atoms with Crippen LogP contribution in [-0.2, 0) is 0 Å². The first-order valence-electron chi connectivity index (χ1n) is 6.20. The Bertz CT molecular complexity index is 591. The van der Waals surface area contributed by atoms with Crippen molar-refractivity contribution in [3.63, 3.8) is 0 Å². The van der Waals surface area contributed by atoms with E-state index in [2.05, 4.69) is 29.8 Å². The van der Waals surface area contributed by atoms with Crippen LogP contribution in [0.5, 0.6) is 11.5 Å². The van der Waals surface area contributed by atoms with Crippen LogP contribution >= 0.6 is 15.9 Å². The minimum Gasteiger partial charge on any atom is -0.457 e. The van der Waals surface area contributed by atoms with Gasteiger partial charge < -0.3 is 9.84 Å². The molecule has 0 saturated heterocycles. The molecule has 0 saturated carbocycles. The Morgan fingerprint density at radius 2 is 1.63 bits per heavy atom. The standard InChI is InChI=1S/C16H17BrO2/c1-10-4-5-13(8-11(10)2)19-14-6-7-15(12(3)18)16(17)9-14/h4-9,12,18H,1-3H3/t12-/m1/s1. The van der Waals surface area contributed by atoms with Crippen LogP contribution in [0, 0.1) is 13.8 Å². The van der Waals surface area contributed by atoms with Crippen LogP contribution in [0.4, 0.5) is 0 Å². The summed E-state index contributed by atoms with van der Waals surface area (Å²) in [7, 11) is 0. The second kappa shape index (κ2) is 5.76. The van der Waals surface area contributed by atoms with E-state index in [-0.39, 0.29) is 0 Å². The maximum Gasteiger partial charge on any atom is 0.128 e. The van der Waals surface area contributed by atoms with Crippen molar-refractivity contribution in [2.75, 3.05) is 0 Å². The van der Waals surface area contributed by atoms with Gasteiger partial charge in [-0.2, -0.15) is 0 Å². The predicted octanol–water partition coefficient (Wildman–Crippen LogP) is 4.91. The summed E-state index contributed by atoms with van der Waals surface area (Å²) in [6.45, 7) is 5.88. The highest BCUT2D eigenvalue weighted by molar-refractivity contribution is 9.10. The molecule has 0 aliphatic heterocycles. The smallest absolute Gasteiger partial charge is 0.128 e. The van der Waals surface area contributed by atoms with E-state index in [1.807, 2.05) is 36.4 Å². The highest BCUT2D eigenvalue weighted by atomic mass is 79.9. The quantitative estimate of drug-likeness (QED) is 0.870. The van der Waals surface area contributed by atoms with Crippen LogP contribution in [0.2, 0.25) is 0 Å². The van der Waals surface area contributed by atoms with E-state index in [0.717, 1.165) is 21.5 Å². The van der Waals surface area contributed by atoms with Crippen molar-refractivity contribution in [1.29, 1.82) is 0 Å². The zero-order chi connectivity index (χ0) is 14.0. The van der Waals surface area contributed by atoms with Crippen molar-refractivity contribution in [2.45, 2.75) is 26.9 Å². The summed E-state index contributed by atoms with van der Waals surface area (Å²) < 4.78 is 6.67. The summed E-state index contributed by atoms with van der Waals surface area (Å²) in [4.78, 5) is 0. The molecule has 0 bridgehead atoms. The summed E-state index contributed by atoms with van der Waals surface area (Å²) >= 11 is 3.45. The van der Waals surface area contributed by atoms with Gasteiger partial charge in [0.15, 0.2) is 0 Å². The average Bonchev–Trinajstić information content (AvgIpc) is 2.33. The second-order valence-corrected chi connectivity index (χ2v) is 5.56. The molecule has 2 aromatic rings. The number of hydrogen-bond donors (Lipinski definition) is 1. The Hall–Kier alpha value is -1.32. The Morgan fingerprint density at radius 1 is 1.00 bits per heavy atom. The minimum absolute atomic E-state index is 0.495. The van der Waals surface area contributed by atoms with Gasteiger partial charge in [-0.05, 0) is 61.7 Å². The molecule has 0 amide bonds. The molecule has 0 fully saturated rings. The Balaban J connectivity index is 2.24. The summed E-state index contributed by atoms with van der Waals surface area (Å²) in [5.74, 6) is 1.57. The highest BCUT2D eigenvalue weighted by Crippen LogP contribution is 2.30. The van der Waals surface area contributed by atoms with E-state index in [0.29, 0.717) is 0 Å². The van der Waals surface area contributed by atoms with Crippen LogP contribution < -0.4 is 4.74 Å². The van der Waals surface area contributed by atoms with Gasteiger partial charge in [0.25, 0.3) is 0 Å². The normalized spacial score (nSPS) is 12.3. The van der Waals surface area contributed by atoms with Gasteiger partial charge in [0, 0.05) is 4.47 Å². The van der Waals surface area contributed by atoms with E-state index in [9.17, 15) is 5.11 Å². The molecule has 0 spiro atoms. The third kappa shape index (κ3) is 3.37. The van der Waals surface area contributed by atoms with Gasteiger partial charge in [-0.15, -0.1) is 0 Å². The molecule has 3 heteroatoms. The zero-order valence-corrected chi connectivity index (χ0v) is 12.9. The SMILES string of the molecule is Cc1ccc(Oc2ccc([C@@H](C)O)c(Br)c2)cc1C. The summed E-state index contributed by atoms with van der Waals surface area (Å²) in [5, 5.41) is 9.58. The molecular weight excluding hydrogens is 304 g/mol. The third-order valence-corrected chi connectivity index (χ3v) is 3.82. The van der Waals surface area contributed by atoms with E-state index in [1.54, 1.807) is 6.92 Å². The Kier molecular flexibility index (Phi) is 4.27. The molecule has 0 aliphatic rings. The zero-order valence-electron chi connectivity index (χ0n) is 11.3. The molecule has 0 unspecified atom stereocenters. The predicted molar refractivity (Wildman–Crippen MR) is 80.8 cm³/mol. The summed E-state index contributed by atoms with van der Waals surface area (Å²) in [6, 6.07) is 11.6. The molecule has 19 heavy (non-hydrogen) atoms. The van der Waals surface area contributed by atoms with Crippen LogP contribution in [-0.4, -0.2) is 5.11 Å². The van der Waals surface area contributed by atoms with Gasteiger partial charge in [-0.3, -0.25) is 0 Å². The van der Waals surface area contributed by atoms with Gasteiger partial charge in [0.2, 0.25) is 0 Å². The molecule has 0 aromatic heterocycles. The topological polar surface area (TPSA) is 29.5 Å². The van der Waals surface area contributed by atoms with Gasteiger partial charge in [-0.1, -0.05) is 28.1 Å². The van der Waals surface area contributed by atoms with Crippen molar-refractivity contribution in [3.8, 4) is 11.5 Å². The van der Waals surface area contributed by atoms with Crippen LogP contribution in [0.15, 0.2) is 40.9 Å². The summed E-state index contributed by atoms with van der Waals surface area (Å²) in [5.41, 5.74) is 3.31. The van der Waals surface area contributed by atoms with Gasteiger partial charge in [0.05, 0.1) is 6.10 Å². The molecule has 1 atom stereocenters. The molecule has 1 N–H and O–H groups in total. The molecule has 0 aliphatic carbocycles. The van der Waals surface area contributed by atoms with Gasteiger partial charge >= 0.3 is 0 Å². The molecule has 0 heterocycles. The molecule has 100 valence electrons. The van der Waals surface area contributed by atoms with Gasteiger partial charge in [0.1, 0.15) is 11.5 Å². The van der Waals surface area contributed by atoms with Crippen LogP contribution in [0.1, 0.15) is 29.7 Å². The van der Waals surface area contributed by atoms with Crippen molar-refractivity contribution in [3.05, 3.63) is 57.6 Å². The Labute approximate surface area is 122 Å². The minimum atomic E-state index is -0.495. The first-order valence-corrected chi connectivity index (χ1v) is 6.99. The second-order valence-electron chi connectivity index (χ2n) is 4.71. The van der Waals surface area contributed by atoms with E-state index in [4.69, 9.17) is 4.74 Å². The largest absolute Gasteiger partial charge is 0.457 e. The van der Waals surface area contributed by atoms with E-state index in [1.165, 1.54) is 11.1 Å². The molecule has 2 aromatic carbocycles. The number of benzene rings is 2. The lowest BCUT2D eigenvalue weighted by Gasteiger charge is -2.11. The van der Waals surface area contributed by atoms with Crippen LogP contribution in [0.3, 0.4) is 0 Å². The van der Waals surface area contributed by atoms with Crippen molar-refractivity contribution in [2.24, 2.45) is 0 Å². The fourth-order valence-electron chi connectivity index (χ4n) is 1.82. The lowest BCUT2D eigenvalue weighted by molar-refractivity contribution is 0.198. The first-order chi connectivity index (χ1) is 8.97. The van der Waals surface area contributed by atoms with Crippen LogP contribution in [0.25, 0.3) is 0 Å². The molecule has 2 nitrogen and oxygen atoms in total. The number of aliphatic hydroxyl groups excluding tert-OH is 1. The number of aryl methyl sites for hydroxylation is 2. The fraction of sp³-hybridized carbons (Fsp3) is 0.250. The number of ether oxygens (including phenoxy) is 1. The molecular formula is C16H17BrO2. The fourth-order valence-corrected chi connectivity index (χ4v) is 2.51. The number of hydrogen-bond acceptors (Lipinski definition) is 2. The Morgan fingerprint density at radius 3 is 2.21 bits per heavy atom.